The Hall–Kier alpha value is -5.35. The van der Waals surface area contributed by atoms with Crippen molar-refractivity contribution in [3.8, 4) is 33.8 Å². The number of fused-ring (bicyclic) bond motifs is 7. The first-order chi connectivity index (χ1) is 28.9. The Labute approximate surface area is 298 Å². The van der Waals surface area contributed by atoms with E-state index in [1.54, 1.807) is 12.1 Å². The van der Waals surface area contributed by atoms with Crippen LogP contribution in [0.3, 0.4) is 0 Å². The number of nitrogens with zero attached hydrogens (tertiary/aromatic N) is 3. The normalized spacial score (nSPS) is 25.4. The van der Waals surface area contributed by atoms with Gasteiger partial charge in [0.2, 0.25) is 5.96 Å². The van der Waals surface area contributed by atoms with Crippen molar-refractivity contribution in [2.24, 2.45) is 4.99 Å². The Kier molecular flexibility index (Phi) is 3.53. The molecule has 230 valence electrons. The zero-order valence-electron chi connectivity index (χ0n) is 40.0. The third-order valence-electron chi connectivity index (χ3n) is 9.36. The summed E-state index contributed by atoms with van der Waals surface area (Å²) in [7, 11) is 0. The zero-order valence-corrected chi connectivity index (χ0v) is 25.0. The lowest BCUT2D eigenvalue weighted by Gasteiger charge is -2.35. The van der Waals surface area contributed by atoms with Gasteiger partial charge in [0.1, 0.15) is 11.5 Å². The van der Waals surface area contributed by atoms with Gasteiger partial charge in [0.05, 0.1) is 23.5 Å². The van der Waals surface area contributed by atoms with E-state index in [0.717, 1.165) is 23.5 Å². The van der Waals surface area contributed by atoms with Gasteiger partial charge in [-0.25, -0.2) is 4.99 Å². The molecule has 2 unspecified atom stereocenters. The van der Waals surface area contributed by atoms with Gasteiger partial charge in [0.25, 0.3) is 0 Å². The van der Waals surface area contributed by atoms with Gasteiger partial charge < -0.3 is 9.64 Å². The van der Waals surface area contributed by atoms with Crippen LogP contribution in [0.25, 0.3) is 22.3 Å². The van der Waals surface area contributed by atoms with Crippen LogP contribution in [0.4, 0.5) is 17.1 Å². The van der Waals surface area contributed by atoms with Crippen LogP contribution in [0.15, 0.2) is 126 Å². The number of benzene rings is 5. The van der Waals surface area contributed by atoms with E-state index in [-0.39, 0.29) is 62.5 Å². The third kappa shape index (κ3) is 4.04. The molecule has 0 fully saturated rings. The summed E-state index contributed by atoms with van der Waals surface area (Å²) in [6.45, 7) is -15.1. The van der Waals surface area contributed by atoms with Crippen LogP contribution >= 0.6 is 0 Å². The Bertz CT molecular complexity index is 2740. The second-order valence-electron chi connectivity index (χ2n) is 12.1. The highest BCUT2D eigenvalue weighted by atomic mass is 16.5. The minimum absolute atomic E-state index is 0.0433. The van der Waals surface area contributed by atoms with Gasteiger partial charge in [-0.05, 0) is 84.3 Å². The highest BCUT2D eigenvalue weighted by Crippen LogP contribution is 2.52. The molecule has 3 heterocycles. The van der Waals surface area contributed by atoms with Crippen molar-refractivity contribution in [1.29, 1.82) is 0 Å². The molecule has 2 atom stereocenters. The van der Waals surface area contributed by atoms with Crippen molar-refractivity contribution in [3.63, 3.8) is 0 Å². The predicted molar refractivity (Wildman–Crippen MR) is 195 cm³/mol. The molecule has 0 radical (unpaired) electrons. The molecule has 4 aliphatic rings. The van der Waals surface area contributed by atoms with E-state index in [2.05, 4.69) is 11.0 Å². The highest BCUT2D eigenvalue weighted by molar-refractivity contribution is 6.22. The summed E-state index contributed by atoms with van der Waals surface area (Å²) in [6.07, 6.45) is 7.92. The van der Waals surface area contributed by atoms with E-state index < -0.39 is 50.8 Å². The molecule has 0 N–H and O–H groups in total. The van der Waals surface area contributed by atoms with Gasteiger partial charge in [-0.3, -0.25) is 4.90 Å². The molecular formula is C43H37N3O. The third-order valence-corrected chi connectivity index (χ3v) is 9.36. The van der Waals surface area contributed by atoms with E-state index in [1.807, 2.05) is 47.4 Å². The van der Waals surface area contributed by atoms with E-state index in [9.17, 15) is 0 Å². The summed E-state index contributed by atoms with van der Waals surface area (Å²) in [5, 5.41) is 0. The van der Waals surface area contributed by atoms with E-state index in [4.69, 9.17) is 30.3 Å². The molecule has 0 saturated heterocycles. The lowest BCUT2D eigenvalue weighted by molar-refractivity contribution is 0.419. The summed E-state index contributed by atoms with van der Waals surface area (Å²) in [5.74, 6) is 0.237. The number of hydrogen-bond acceptors (Lipinski definition) is 4. The average molecular weight is 627 g/mol. The number of ether oxygens (including phenoxy) is 1. The second kappa shape index (κ2) is 10.1. The SMILES string of the molecule is [2H]C([2H])([2H])c1cc(N2C3=NC4C=CC=CC4N3c3ccccc32)ccc1-c1cc(C([2H])([2H])[2H])c(-c2cccc3c2Oc2ccccc2C3(C([2H])([2H])[2H])C([2H])([2H])[2H])cc1C([2H])([2H])[2H]. The number of allylic oxidation sites excluding steroid dienone is 2. The van der Waals surface area contributed by atoms with Gasteiger partial charge in [-0.1, -0.05) is 105 Å². The highest BCUT2D eigenvalue weighted by Gasteiger charge is 2.44. The van der Waals surface area contributed by atoms with Gasteiger partial charge in [-0.2, -0.15) is 0 Å². The number of anilines is 3. The smallest absolute Gasteiger partial charge is 0.211 e. The monoisotopic (exact) mass is 626 g/mol. The molecule has 5 aromatic rings. The maximum atomic E-state index is 8.74. The average Bonchev–Trinajstić information content (AvgIpc) is 3.71. The van der Waals surface area contributed by atoms with E-state index >= 15 is 0 Å². The second-order valence-corrected chi connectivity index (χ2v) is 12.1. The van der Waals surface area contributed by atoms with E-state index in [0.29, 0.717) is 11.6 Å². The number of guanidine groups is 1. The maximum absolute atomic E-state index is 8.74. The lowest BCUT2D eigenvalue weighted by atomic mass is 9.74. The number of para-hydroxylation sites is 4. The Balaban J connectivity index is 1.27. The summed E-state index contributed by atoms with van der Waals surface area (Å²) in [4.78, 5) is 8.94. The first-order valence-electron chi connectivity index (χ1n) is 22.8. The van der Waals surface area contributed by atoms with Gasteiger partial charge in [0, 0.05) is 48.4 Å². The lowest BCUT2D eigenvalue weighted by Crippen LogP contribution is -2.39. The molecule has 5 aromatic carbocycles. The van der Waals surface area contributed by atoms with Gasteiger partial charge >= 0.3 is 0 Å². The van der Waals surface area contributed by atoms with Crippen LogP contribution < -0.4 is 14.5 Å². The fourth-order valence-electron chi connectivity index (χ4n) is 7.15. The maximum Gasteiger partial charge on any atom is 0.211 e. The molecule has 0 aromatic heterocycles. The van der Waals surface area contributed by atoms with Crippen LogP contribution in [-0.2, 0) is 5.41 Å². The Morgan fingerprint density at radius 2 is 1.40 bits per heavy atom. The van der Waals surface area contributed by atoms with Crippen molar-refractivity contribution >= 4 is 23.0 Å². The minimum atomic E-state index is -3.18. The topological polar surface area (TPSA) is 28.1 Å². The largest absolute Gasteiger partial charge is 0.456 e. The Morgan fingerprint density at radius 1 is 0.681 bits per heavy atom. The Morgan fingerprint density at radius 3 is 2.23 bits per heavy atom. The van der Waals surface area contributed by atoms with Crippen molar-refractivity contribution in [2.75, 3.05) is 9.80 Å². The summed E-state index contributed by atoms with van der Waals surface area (Å²) < 4.78 is 137. The molecule has 0 saturated carbocycles. The van der Waals surface area contributed by atoms with Crippen LogP contribution in [0, 0.1) is 20.6 Å². The standard InChI is InChI=1S/C43H37N3O/c1-26-23-29(45-38-18-9-10-19-39(38)46-37-17-8-7-16-36(37)44-42(45)46)21-22-30(26)32-24-28(3)33(25-27(32)2)31-13-12-15-35-41(31)47-40-20-11-6-14-34(40)43(35,4)5/h6-25,36-37H,1-5H3/i1D3,2D3,3D3,4D3,5D3. The van der Waals surface area contributed by atoms with Crippen molar-refractivity contribution < 1.29 is 25.3 Å². The summed E-state index contributed by atoms with van der Waals surface area (Å²) >= 11 is 0. The van der Waals surface area contributed by atoms with Crippen LogP contribution in [-0.4, -0.2) is 18.0 Å². The predicted octanol–water partition coefficient (Wildman–Crippen LogP) is 10.6. The van der Waals surface area contributed by atoms with Crippen molar-refractivity contribution in [1.82, 2.24) is 0 Å². The number of aliphatic imine (C=N–C) groups is 1. The number of rotatable bonds is 3. The molecule has 9 rings (SSSR count). The minimum Gasteiger partial charge on any atom is -0.456 e. The molecule has 3 aliphatic heterocycles. The molecule has 4 heteroatoms. The van der Waals surface area contributed by atoms with Crippen LogP contribution in [0.2, 0.25) is 0 Å². The molecule has 0 spiro atoms. The van der Waals surface area contributed by atoms with Crippen LogP contribution in [0.5, 0.6) is 11.5 Å². The van der Waals surface area contributed by atoms with Crippen molar-refractivity contribution in [3.05, 3.63) is 149 Å². The molecule has 47 heavy (non-hydrogen) atoms. The molecule has 4 nitrogen and oxygen atoms in total. The summed E-state index contributed by atoms with van der Waals surface area (Å²) in [5.41, 5.74) is -2.46. The van der Waals surface area contributed by atoms with Crippen LogP contribution in [0.1, 0.15) is 62.1 Å². The zero-order chi connectivity index (χ0) is 44.5. The van der Waals surface area contributed by atoms with Gasteiger partial charge in [0.15, 0.2) is 0 Å². The van der Waals surface area contributed by atoms with Crippen molar-refractivity contribution in [2.45, 2.75) is 51.8 Å². The number of aryl methyl sites for hydroxylation is 3. The molecular weight excluding hydrogens is 574 g/mol. The number of hydrogen-bond donors (Lipinski definition) is 0. The van der Waals surface area contributed by atoms with E-state index in [1.165, 1.54) is 48.5 Å². The molecule has 0 bridgehead atoms. The fraction of sp³-hybridized carbons (Fsp3) is 0.186. The fourth-order valence-corrected chi connectivity index (χ4v) is 7.15. The summed E-state index contributed by atoms with van der Waals surface area (Å²) in [6, 6.07) is 24.1. The quantitative estimate of drug-likeness (QED) is 0.199. The van der Waals surface area contributed by atoms with Gasteiger partial charge in [-0.15, -0.1) is 0 Å². The first-order valence-corrected chi connectivity index (χ1v) is 15.3. The molecule has 0 amide bonds. The first kappa shape index (κ1) is 16.5. The molecule has 1 aliphatic carbocycles.